The van der Waals surface area contributed by atoms with Crippen LogP contribution in [0.2, 0.25) is 0 Å². The van der Waals surface area contributed by atoms with Crippen molar-refractivity contribution in [3.63, 3.8) is 0 Å². The van der Waals surface area contributed by atoms with Crippen LogP contribution >= 0.6 is 0 Å². The summed E-state index contributed by atoms with van der Waals surface area (Å²) in [5, 5.41) is 14.6. The molecule has 5 nitrogen and oxygen atoms in total. The first kappa shape index (κ1) is 20.9. The Labute approximate surface area is 182 Å². The molecule has 0 unspecified atom stereocenters. The summed E-state index contributed by atoms with van der Waals surface area (Å²) in [5.41, 5.74) is 7.91. The Balaban J connectivity index is 1.50. The van der Waals surface area contributed by atoms with Crippen molar-refractivity contribution >= 4 is 16.9 Å². The largest absolute Gasteiger partial charge is 0.478 e. The lowest BCUT2D eigenvalue weighted by Crippen LogP contribution is -2.18. The van der Waals surface area contributed by atoms with E-state index in [-0.39, 0.29) is 0 Å². The fourth-order valence-electron chi connectivity index (χ4n) is 4.45. The fourth-order valence-corrected chi connectivity index (χ4v) is 4.45. The van der Waals surface area contributed by atoms with E-state index in [0.717, 1.165) is 35.4 Å². The predicted molar refractivity (Wildman–Crippen MR) is 125 cm³/mol. The summed E-state index contributed by atoms with van der Waals surface area (Å²) in [6.07, 6.45) is 2.94. The minimum atomic E-state index is -0.864. The number of benzene rings is 2. The molecule has 0 aliphatic carbocycles. The molecule has 0 spiro atoms. The highest BCUT2D eigenvalue weighted by atomic mass is 16.4. The summed E-state index contributed by atoms with van der Waals surface area (Å²) in [5.74, 6) is -0.864. The number of para-hydroxylation sites is 1. The molecule has 4 aromatic rings. The van der Waals surface area contributed by atoms with Crippen molar-refractivity contribution in [3.05, 3.63) is 93.9 Å². The van der Waals surface area contributed by atoms with E-state index in [1.807, 2.05) is 26.0 Å². The normalized spacial score (nSPS) is 11.3. The van der Waals surface area contributed by atoms with Crippen molar-refractivity contribution in [1.82, 2.24) is 14.9 Å². The zero-order valence-electron chi connectivity index (χ0n) is 18.3. The molecule has 0 radical (unpaired) electrons. The van der Waals surface area contributed by atoms with Gasteiger partial charge in [0, 0.05) is 47.1 Å². The van der Waals surface area contributed by atoms with Crippen molar-refractivity contribution in [2.45, 2.75) is 40.3 Å². The smallest absolute Gasteiger partial charge is 0.337 e. The van der Waals surface area contributed by atoms with Gasteiger partial charge in [0.15, 0.2) is 0 Å². The Hall–Kier alpha value is -3.31. The molecular weight excluding hydrogens is 386 g/mol. The predicted octanol–water partition coefficient (Wildman–Crippen LogP) is 4.97. The van der Waals surface area contributed by atoms with Crippen LogP contribution in [0.4, 0.5) is 0 Å². The zero-order valence-corrected chi connectivity index (χ0v) is 18.3. The van der Waals surface area contributed by atoms with Crippen LogP contribution in [0.25, 0.3) is 10.9 Å². The number of rotatable bonds is 8. The Bertz CT molecular complexity index is 1230. The molecule has 31 heavy (non-hydrogen) atoms. The third kappa shape index (κ3) is 4.28. The van der Waals surface area contributed by atoms with E-state index in [4.69, 9.17) is 0 Å². The van der Waals surface area contributed by atoms with E-state index in [1.54, 1.807) is 0 Å². The van der Waals surface area contributed by atoms with Crippen molar-refractivity contribution in [2.75, 3.05) is 6.54 Å². The molecular formula is C26H29N3O2. The van der Waals surface area contributed by atoms with Crippen LogP contribution in [0.3, 0.4) is 0 Å². The Morgan fingerprint density at radius 2 is 1.87 bits per heavy atom. The number of H-pyrrole nitrogens is 1. The van der Waals surface area contributed by atoms with Crippen LogP contribution in [0.1, 0.15) is 44.0 Å². The van der Waals surface area contributed by atoms with Crippen molar-refractivity contribution in [1.29, 1.82) is 0 Å². The van der Waals surface area contributed by atoms with E-state index < -0.39 is 5.97 Å². The standard InChI is InChI=1S/C26H29N3O2/c1-17-7-6-8-20(13-17)16-29-18(2)23(25(19(29)3)26(30)31)15-27-12-11-21-14-28-24-10-5-4-9-22(21)24/h4-10,13-14,27-28H,11-12,15-16H2,1-3H3,(H,30,31). The lowest BCUT2D eigenvalue weighted by Gasteiger charge is -2.11. The van der Waals surface area contributed by atoms with E-state index in [9.17, 15) is 9.90 Å². The van der Waals surface area contributed by atoms with E-state index >= 15 is 0 Å². The number of carboxylic acid groups (broad SMARTS) is 1. The average Bonchev–Trinajstić information content (AvgIpc) is 3.25. The SMILES string of the molecule is Cc1cccc(Cn2c(C)c(CNCCc3c[nH]c4ccccc34)c(C(=O)O)c2C)c1. The van der Waals surface area contributed by atoms with Gasteiger partial charge in [-0.3, -0.25) is 0 Å². The quantitative estimate of drug-likeness (QED) is 0.356. The Morgan fingerprint density at radius 3 is 2.65 bits per heavy atom. The minimum absolute atomic E-state index is 0.421. The zero-order chi connectivity index (χ0) is 22.0. The molecule has 3 N–H and O–H groups in total. The number of hydrogen-bond donors (Lipinski definition) is 3. The number of fused-ring (bicyclic) bond motifs is 1. The summed E-state index contributed by atoms with van der Waals surface area (Å²) < 4.78 is 2.12. The van der Waals surface area contributed by atoms with Gasteiger partial charge < -0.3 is 20.0 Å². The fraction of sp³-hybridized carbons (Fsp3) is 0.269. The molecule has 5 heteroatoms. The first-order valence-corrected chi connectivity index (χ1v) is 10.7. The lowest BCUT2D eigenvalue weighted by atomic mass is 10.1. The highest BCUT2D eigenvalue weighted by Gasteiger charge is 2.22. The highest BCUT2D eigenvalue weighted by molar-refractivity contribution is 5.91. The van der Waals surface area contributed by atoms with Gasteiger partial charge in [0.25, 0.3) is 0 Å². The molecule has 0 saturated heterocycles. The van der Waals surface area contributed by atoms with Crippen LogP contribution in [-0.2, 0) is 19.5 Å². The molecule has 160 valence electrons. The van der Waals surface area contributed by atoms with Crippen LogP contribution in [0.15, 0.2) is 54.7 Å². The van der Waals surface area contributed by atoms with Gasteiger partial charge >= 0.3 is 5.97 Å². The van der Waals surface area contributed by atoms with Crippen molar-refractivity contribution in [2.24, 2.45) is 0 Å². The maximum Gasteiger partial charge on any atom is 0.337 e. The topological polar surface area (TPSA) is 70.0 Å². The number of nitrogens with zero attached hydrogens (tertiary/aromatic N) is 1. The molecule has 4 rings (SSSR count). The van der Waals surface area contributed by atoms with Crippen LogP contribution in [0, 0.1) is 20.8 Å². The molecule has 0 aliphatic heterocycles. The lowest BCUT2D eigenvalue weighted by molar-refractivity contribution is 0.0694. The monoisotopic (exact) mass is 415 g/mol. The van der Waals surface area contributed by atoms with E-state index in [1.165, 1.54) is 22.1 Å². The molecule has 2 aromatic carbocycles. The molecule has 0 atom stereocenters. The van der Waals surface area contributed by atoms with E-state index in [0.29, 0.717) is 18.7 Å². The first-order valence-electron chi connectivity index (χ1n) is 10.7. The second kappa shape index (κ2) is 8.82. The number of aromatic nitrogens is 2. The molecule has 0 aliphatic rings. The number of carbonyl (C=O) groups is 1. The van der Waals surface area contributed by atoms with Gasteiger partial charge in [0.2, 0.25) is 0 Å². The van der Waals surface area contributed by atoms with Gasteiger partial charge in [-0.05, 0) is 50.9 Å². The van der Waals surface area contributed by atoms with Gasteiger partial charge in [-0.2, -0.15) is 0 Å². The number of aromatic carboxylic acids is 1. The number of aryl methyl sites for hydroxylation is 1. The molecule has 0 bridgehead atoms. The molecule has 0 amide bonds. The first-order chi connectivity index (χ1) is 15.0. The van der Waals surface area contributed by atoms with Gasteiger partial charge in [-0.25, -0.2) is 4.79 Å². The minimum Gasteiger partial charge on any atom is -0.478 e. The van der Waals surface area contributed by atoms with Gasteiger partial charge in [0.05, 0.1) is 5.56 Å². The summed E-state index contributed by atoms with van der Waals surface area (Å²) >= 11 is 0. The van der Waals surface area contributed by atoms with Gasteiger partial charge in [0.1, 0.15) is 0 Å². The number of nitrogens with one attached hydrogen (secondary N) is 2. The molecule has 0 fully saturated rings. The summed E-state index contributed by atoms with van der Waals surface area (Å²) in [7, 11) is 0. The van der Waals surface area contributed by atoms with Crippen molar-refractivity contribution < 1.29 is 9.90 Å². The second-order valence-corrected chi connectivity index (χ2v) is 8.19. The number of aromatic amines is 1. The van der Waals surface area contributed by atoms with E-state index in [2.05, 4.69) is 64.4 Å². The van der Waals surface area contributed by atoms with Gasteiger partial charge in [-0.15, -0.1) is 0 Å². The van der Waals surface area contributed by atoms with Crippen LogP contribution in [0.5, 0.6) is 0 Å². The third-order valence-electron chi connectivity index (χ3n) is 6.09. The number of carboxylic acids is 1. The summed E-state index contributed by atoms with van der Waals surface area (Å²) in [6.45, 7) is 7.99. The summed E-state index contributed by atoms with van der Waals surface area (Å²) in [4.78, 5) is 15.3. The molecule has 0 saturated carbocycles. The average molecular weight is 416 g/mol. The highest BCUT2D eigenvalue weighted by Crippen LogP contribution is 2.24. The Morgan fingerprint density at radius 1 is 1.06 bits per heavy atom. The van der Waals surface area contributed by atoms with Crippen LogP contribution < -0.4 is 5.32 Å². The summed E-state index contributed by atoms with van der Waals surface area (Å²) in [6, 6.07) is 16.6. The molecule has 2 aromatic heterocycles. The maximum atomic E-state index is 12.0. The third-order valence-corrected chi connectivity index (χ3v) is 6.09. The van der Waals surface area contributed by atoms with Gasteiger partial charge in [-0.1, -0.05) is 48.0 Å². The maximum absolute atomic E-state index is 12.0. The second-order valence-electron chi connectivity index (χ2n) is 8.19. The van der Waals surface area contributed by atoms with Crippen LogP contribution in [-0.4, -0.2) is 27.2 Å². The number of hydrogen-bond acceptors (Lipinski definition) is 2. The van der Waals surface area contributed by atoms with Crippen molar-refractivity contribution in [3.8, 4) is 0 Å². The Kier molecular flexibility index (Phi) is 5.96. The molecule has 2 heterocycles.